The minimum absolute atomic E-state index is 0.0544. The van der Waals surface area contributed by atoms with E-state index in [1.807, 2.05) is 0 Å². The highest BCUT2D eigenvalue weighted by Crippen LogP contribution is 2.20. The lowest BCUT2D eigenvalue weighted by molar-refractivity contribution is -0.711. The minimum atomic E-state index is -0.917. The van der Waals surface area contributed by atoms with Crippen LogP contribution in [0.2, 0.25) is 0 Å². The molecule has 0 unspecified atom stereocenters. The van der Waals surface area contributed by atoms with Gasteiger partial charge < -0.3 is 5.32 Å². The number of nitrogens with one attached hydrogen (secondary N) is 1. The molecule has 1 aromatic heterocycles. The molecule has 1 aromatic rings. The first-order valence-electron chi connectivity index (χ1n) is 4.05. The standard InChI is InChI=1S/C8H9N3O4/c1-5-4-9-8(10-6(2)12)3-7(5)15-11(13)14/h3-4H,1-2H3,(H,9,10,12). The molecule has 0 aliphatic carbocycles. The fourth-order valence-corrected chi connectivity index (χ4v) is 0.933. The van der Waals surface area contributed by atoms with E-state index in [0.717, 1.165) is 0 Å². The van der Waals surface area contributed by atoms with Crippen LogP contribution in [0.3, 0.4) is 0 Å². The molecule has 0 aromatic carbocycles. The largest absolute Gasteiger partial charge is 0.311 e. The zero-order valence-corrected chi connectivity index (χ0v) is 8.18. The molecule has 7 heteroatoms. The first kappa shape index (κ1) is 10.9. The van der Waals surface area contributed by atoms with Gasteiger partial charge in [0, 0.05) is 19.2 Å². The molecule has 0 aliphatic heterocycles. The Morgan fingerprint density at radius 3 is 2.87 bits per heavy atom. The predicted octanol–water partition coefficient (Wildman–Crippen LogP) is 0.919. The number of aryl methyl sites for hydroxylation is 1. The molecule has 15 heavy (non-hydrogen) atoms. The summed E-state index contributed by atoms with van der Waals surface area (Å²) >= 11 is 0. The molecule has 0 radical (unpaired) electrons. The number of carbonyl (C=O) groups excluding carboxylic acids is 1. The Balaban J connectivity index is 2.94. The molecule has 0 fully saturated rings. The van der Waals surface area contributed by atoms with Crippen LogP contribution in [-0.4, -0.2) is 16.0 Å². The lowest BCUT2D eigenvalue weighted by Gasteiger charge is -2.05. The summed E-state index contributed by atoms with van der Waals surface area (Å²) in [4.78, 5) is 29.0. The first-order valence-corrected chi connectivity index (χ1v) is 4.05. The summed E-state index contributed by atoms with van der Waals surface area (Å²) < 4.78 is 0. The molecule has 80 valence electrons. The smallest absolute Gasteiger partial charge is 0.299 e. The van der Waals surface area contributed by atoms with Crippen molar-refractivity contribution in [2.24, 2.45) is 0 Å². The van der Waals surface area contributed by atoms with E-state index in [1.165, 1.54) is 19.2 Å². The second kappa shape index (κ2) is 4.36. The molecular weight excluding hydrogens is 202 g/mol. The molecular formula is C8H9N3O4. The average Bonchev–Trinajstić information content (AvgIpc) is 2.09. The molecule has 1 rings (SSSR count). The fraction of sp³-hybridized carbons (Fsp3) is 0.250. The van der Waals surface area contributed by atoms with Crippen molar-refractivity contribution >= 4 is 11.7 Å². The predicted molar refractivity (Wildman–Crippen MR) is 50.9 cm³/mol. The van der Waals surface area contributed by atoms with Crippen LogP contribution in [0.4, 0.5) is 5.82 Å². The van der Waals surface area contributed by atoms with Gasteiger partial charge in [-0.25, -0.2) is 4.98 Å². The molecule has 1 heterocycles. The number of aromatic nitrogens is 1. The second-order valence-corrected chi connectivity index (χ2v) is 2.83. The van der Waals surface area contributed by atoms with E-state index in [4.69, 9.17) is 0 Å². The average molecular weight is 211 g/mol. The Hall–Kier alpha value is -2.18. The van der Waals surface area contributed by atoms with Crippen molar-refractivity contribution in [3.8, 4) is 5.75 Å². The van der Waals surface area contributed by atoms with Gasteiger partial charge in [-0.3, -0.25) is 9.63 Å². The van der Waals surface area contributed by atoms with Crippen molar-refractivity contribution in [3.05, 3.63) is 27.9 Å². The van der Waals surface area contributed by atoms with Crippen LogP contribution in [0.5, 0.6) is 5.75 Å². The van der Waals surface area contributed by atoms with Crippen molar-refractivity contribution < 1.29 is 14.7 Å². The van der Waals surface area contributed by atoms with Gasteiger partial charge in [-0.2, -0.15) is 0 Å². The van der Waals surface area contributed by atoms with Crippen molar-refractivity contribution in [2.75, 3.05) is 5.32 Å². The molecule has 1 amide bonds. The highest BCUT2D eigenvalue weighted by atomic mass is 17.0. The highest BCUT2D eigenvalue weighted by molar-refractivity contribution is 5.87. The monoisotopic (exact) mass is 211 g/mol. The van der Waals surface area contributed by atoms with Gasteiger partial charge in [0.2, 0.25) is 5.91 Å². The topological polar surface area (TPSA) is 94.4 Å². The Morgan fingerprint density at radius 2 is 2.33 bits per heavy atom. The maximum atomic E-state index is 10.7. The van der Waals surface area contributed by atoms with E-state index in [1.54, 1.807) is 6.92 Å². The quantitative estimate of drug-likeness (QED) is 0.592. The van der Waals surface area contributed by atoms with E-state index >= 15 is 0 Å². The van der Waals surface area contributed by atoms with Gasteiger partial charge in [0.25, 0.3) is 5.09 Å². The number of nitrogens with zero attached hydrogens (tertiary/aromatic N) is 2. The second-order valence-electron chi connectivity index (χ2n) is 2.83. The molecule has 0 saturated heterocycles. The summed E-state index contributed by atoms with van der Waals surface area (Å²) in [7, 11) is 0. The third-order valence-corrected chi connectivity index (χ3v) is 1.53. The molecule has 0 atom stereocenters. The number of rotatable bonds is 3. The third-order valence-electron chi connectivity index (χ3n) is 1.53. The van der Waals surface area contributed by atoms with Gasteiger partial charge in [0.1, 0.15) is 11.6 Å². The van der Waals surface area contributed by atoms with Crippen molar-refractivity contribution in [1.82, 2.24) is 4.98 Å². The van der Waals surface area contributed by atoms with Crippen LogP contribution >= 0.6 is 0 Å². The van der Waals surface area contributed by atoms with Gasteiger partial charge >= 0.3 is 0 Å². The van der Waals surface area contributed by atoms with Crippen molar-refractivity contribution in [3.63, 3.8) is 0 Å². The number of hydrogen-bond acceptors (Lipinski definition) is 5. The fourth-order valence-electron chi connectivity index (χ4n) is 0.933. The number of pyridine rings is 1. The summed E-state index contributed by atoms with van der Waals surface area (Å²) in [6.07, 6.45) is 1.38. The van der Waals surface area contributed by atoms with Crippen LogP contribution in [0.1, 0.15) is 12.5 Å². The van der Waals surface area contributed by atoms with Crippen LogP contribution in [0.15, 0.2) is 12.3 Å². The molecule has 0 spiro atoms. The summed E-state index contributed by atoms with van der Waals surface area (Å²) in [6, 6.07) is 1.29. The van der Waals surface area contributed by atoms with Crippen LogP contribution in [-0.2, 0) is 4.79 Å². The molecule has 0 bridgehead atoms. The molecule has 0 aliphatic rings. The third kappa shape index (κ3) is 3.22. The normalized spacial score (nSPS) is 9.47. The van der Waals surface area contributed by atoms with Gasteiger partial charge in [0.15, 0.2) is 0 Å². The van der Waals surface area contributed by atoms with E-state index in [9.17, 15) is 14.9 Å². The zero-order chi connectivity index (χ0) is 11.4. The summed E-state index contributed by atoms with van der Waals surface area (Å²) in [6.45, 7) is 2.93. The summed E-state index contributed by atoms with van der Waals surface area (Å²) in [5.74, 6) is -0.0397. The first-order chi connectivity index (χ1) is 6.99. The summed E-state index contributed by atoms with van der Waals surface area (Å²) in [5.41, 5.74) is 0.515. The zero-order valence-electron chi connectivity index (χ0n) is 8.18. The number of anilines is 1. The number of amides is 1. The highest BCUT2D eigenvalue weighted by Gasteiger charge is 2.06. The van der Waals surface area contributed by atoms with Crippen molar-refractivity contribution in [2.45, 2.75) is 13.8 Å². The molecule has 1 N–H and O–H groups in total. The van der Waals surface area contributed by atoms with E-state index < -0.39 is 5.09 Å². The van der Waals surface area contributed by atoms with Crippen LogP contribution in [0, 0.1) is 17.0 Å². The molecule has 0 saturated carbocycles. The maximum Gasteiger partial charge on any atom is 0.299 e. The lowest BCUT2D eigenvalue weighted by Crippen LogP contribution is -2.09. The van der Waals surface area contributed by atoms with Gasteiger partial charge in [-0.15, -0.1) is 10.1 Å². The Labute approximate surface area is 85.2 Å². The number of hydrogen-bond donors (Lipinski definition) is 1. The SMILES string of the molecule is CC(=O)Nc1cc(O[N+](=O)[O-])c(C)cn1. The van der Waals surface area contributed by atoms with Gasteiger partial charge in [-0.1, -0.05) is 0 Å². The lowest BCUT2D eigenvalue weighted by atomic mass is 10.3. The summed E-state index contributed by atoms with van der Waals surface area (Å²) in [5, 5.41) is 11.6. The van der Waals surface area contributed by atoms with Crippen molar-refractivity contribution in [1.29, 1.82) is 0 Å². The number of carbonyl (C=O) groups is 1. The Kier molecular flexibility index (Phi) is 3.17. The maximum absolute atomic E-state index is 10.7. The van der Waals surface area contributed by atoms with E-state index in [2.05, 4.69) is 15.1 Å². The van der Waals surface area contributed by atoms with Gasteiger partial charge in [0.05, 0.1) is 0 Å². The van der Waals surface area contributed by atoms with Crippen LogP contribution in [0.25, 0.3) is 0 Å². The minimum Gasteiger partial charge on any atom is -0.311 e. The van der Waals surface area contributed by atoms with Gasteiger partial charge in [-0.05, 0) is 12.5 Å². The van der Waals surface area contributed by atoms with Crippen LogP contribution < -0.4 is 10.2 Å². The molecule has 7 nitrogen and oxygen atoms in total. The Morgan fingerprint density at radius 1 is 1.67 bits per heavy atom. The Bertz CT molecular complexity index is 405. The van der Waals surface area contributed by atoms with E-state index in [-0.39, 0.29) is 17.5 Å². The van der Waals surface area contributed by atoms with E-state index in [0.29, 0.717) is 5.56 Å².